The zero-order valence-corrected chi connectivity index (χ0v) is 17.6. The monoisotopic (exact) mass is 412 g/mol. The molecule has 0 aromatic rings. The zero-order chi connectivity index (χ0) is 15.8. The minimum absolute atomic E-state index is 0. The fraction of sp³-hybridized carbons (Fsp3) is 0.769. The molecule has 0 rings (SSSR count). The summed E-state index contributed by atoms with van der Waals surface area (Å²) in [6.07, 6.45) is 6.82. The van der Waals surface area contributed by atoms with Gasteiger partial charge in [0.2, 0.25) is 0 Å². The maximum atomic E-state index is 11.4. The molecule has 21 heavy (non-hydrogen) atoms. The van der Waals surface area contributed by atoms with Gasteiger partial charge >= 0.3 is 5.97 Å². The van der Waals surface area contributed by atoms with Crippen LogP contribution >= 0.6 is 23.5 Å². The Labute approximate surface area is 162 Å². The van der Waals surface area contributed by atoms with Crippen molar-refractivity contribution in [3.8, 4) is 0 Å². The number of carbonyl (C=O) groups excluding carboxylic acids is 2. The van der Waals surface area contributed by atoms with E-state index in [0.29, 0.717) is 12.8 Å². The Morgan fingerprint density at radius 3 is 2.24 bits per heavy atom. The van der Waals surface area contributed by atoms with Gasteiger partial charge in [0.05, 0.1) is 6.04 Å². The van der Waals surface area contributed by atoms with Gasteiger partial charge in [-0.25, -0.2) is 4.79 Å². The van der Waals surface area contributed by atoms with Crippen molar-refractivity contribution in [2.75, 3.05) is 24.0 Å². The van der Waals surface area contributed by atoms with Gasteiger partial charge in [0, 0.05) is 32.7 Å². The van der Waals surface area contributed by atoms with Crippen LogP contribution in [0.1, 0.15) is 26.2 Å². The third-order valence-electron chi connectivity index (χ3n) is 2.04. The first-order chi connectivity index (χ1) is 9.56. The number of hydroxylamine groups is 1. The summed E-state index contributed by atoms with van der Waals surface area (Å²) in [6.45, 7) is 5.50. The van der Waals surface area contributed by atoms with Crippen LogP contribution in [0.5, 0.6) is 0 Å². The van der Waals surface area contributed by atoms with Crippen LogP contribution in [-0.2, 0) is 47.1 Å². The molecule has 5 nitrogen and oxygen atoms in total. The van der Waals surface area contributed by atoms with E-state index >= 15 is 0 Å². The van der Waals surface area contributed by atoms with Gasteiger partial charge in [0.1, 0.15) is 12.3 Å². The first kappa shape index (κ1) is 26.7. The van der Waals surface area contributed by atoms with Crippen molar-refractivity contribution >= 4 is 35.8 Å². The maximum absolute atomic E-state index is 11.4. The van der Waals surface area contributed by atoms with Crippen molar-refractivity contribution in [3.05, 3.63) is 6.92 Å². The molecule has 0 aliphatic carbocycles. The quantitative estimate of drug-likeness (QED) is 0.321. The van der Waals surface area contributed by atoms with Crippen molar-refractivity contribution < 1.29 is 47.1 Å². The number of aldehydes is 1. The van der Waals surface area contributed by atoms with E-state index in [4.69, 9.17) is 10.6 Å². The molecule has 0 saturated heterocycles. The standard InChI is InChI=1S/C10H20N2O3S2.C3H7.Y/c1-16-5-3-8(7-13)12-15-10(14)9(11)4-6-17-2;1-3-2;/h7-9,12H,3-6,11H2,1-2H3;1,3H2,2H3;/q;-1;/t8-,9+;;/m1../s1. The molecule has 0 aromatic heterocycles. The Bertz CT molecular complexity index is 249. The third-order valence-corrected chi connectivity index (χ3v) is 3.33. The molecule has 0 amide bonds. The Hall–Kier alpha value is 0.864. The van der Waals surface area contributed by atoms with E-state index in [1.807, 2.05) is 19.4 Å². The molecule has 0 heterocycles. The van der Waals surface area contributed by atoms with Gasteiger partial charge in [-0.05, 0) is 36.9 Å². The number of hydrogen-bond donors (Lipinski definition) is 2. The second-order valence-electron chi connectivity index (χ2n) is 3.95. The number of hydrogen-bond acceptors (Lipinski definition) is 7. The van der Waals surface area contributed by atoms with Crippen LogP contribution in [0.2, 0.25) is 0 Å². The van der Waals surface area contributed by atoms with Crippen LogP contribution in [0, 0.1) is 6.92 Å². The van der Waals surface area contributed by atoms with Gasteiger partial charge in [-0.2, -0.15) is 29.9 Å². The summed E-state index contributed by atoms with van der Waals surface area (Å²) in [6, 6.07) is -1.10. The third kappa shape index (κ3) is 18.8. The summed E-state index contributed by atoms with van der Waals surface area (Å²) < 4.78 is 0. The number of nitrogens with two attached hydrogens (primary N) is 1. The Morgan fingerprint density at radius 2 is 1.81 bits per heavy atom. The fourth-order valence-electron chi connectivity index (χ4n) is 0.972. The zero-order valence-electron chi connectivity index (χ0n) is 13.2. The van der Waals surface area contributed by atoms with E-state index in [0.717, 1.165) is 24.2 Å². The predicted octanol–water partition coefficient (Wildman–Crippen LogP) is 1.66. The number of carbonyl (C=O) groups is 2. The van der Waals surface area contributed by atoms with Crippen LogP contribution in [0.3, 0.4) is 0 Å². The fourth-order valence-corrected chi connectivity index (χ4v) is 1.95. The minimum Gasteiger partial charge on any atom is -0.369 e. The molecule has 8 heteroatoms. The number of nitrogens with one attached hydrogen (secondary N) is 1. The molecule has 0 aromatic carbocycles. The van der Waals surface area contributed by atoms with E-state index < -0.39 is 18.1 Å². The van der Waals surface area contributed by atoms with Gasteiger partial charge in [0.25, 0.3) is 0 Å². The summed E-state index contributed by atoms with van der Waals surface area (Å²) in [7, 11) is 0. The predicted molar refractivity (Wildman–Crippen MR) is 88.7 cm³/mol. The maximum Gasteiger partial charge on any atom is 0.341 e. The van der Waals surface area contributed by atoms with Crippen LogP contribution in [0.15, 0.2) is 0 Å². The molecule has 123 valence electrons. The molecule has 0 unspecified atom stereocenters. The van der Waals surface area contributed by atoms with Gasteiger partial charge < -0.3 is 22.3 Å². The van der Waals surface area contributed by atoms with Crippen LogP contribution in [0.25, 0.3) is 0 Å². The molecule has 0 bridgehead atoms. The van der Waals surface area contributed by atoms with E-state index in [2.05, 4.69) is 12.4 Å². The van der Waals surface area contributed by atoms with Gasteiger partial charge in [0.15, 0.2) is 0 Å². The normalized spacial score (nSPS) is 12.2. The van der Waals surface area contributed by atoms with E-state index in [1.165, 1.54) is 0 Å². The first-order valence-electron chi connectivity index (χ1n) is 6.51. The van der Waals surface area contributed by atoms with Crippen LogP contribution < -0.4 is 11.2 Å². The Balaban J connectivity index is -0.000000740. The van der Waals surface area contributed by atoms with Crippen LogP contribution in [0.4, 0.5) is 0 Å². The van der Waals surface area contributed by atoms with Crippen molar-refractivity contribution in [3.63, 3.8) is 0 Å². The Morgan fingerprint density at radius 1 is 1.33 bits per heavy atom. The molecule has 0 fully saturated rings. The number of rotatable bonds is 10. The summed E-state index contributed by atoms with van der Waals surface area (Å²) in [4.78, 5) is 26.9. The van der Waals surface area contributed by atoms with Gasteiger partial charge in [-0.3, -0.25) is 0 Å². The molecule has 1 radical (unpaired) electrons. The average molecular weight is 412 g/mol. The molecule has 0 spiro atoms. The molecule has 0 aliphatic rings. The van der Waals surface area contributed by atoms with Crippen molar-refractivity contribution in [1.29, 1.82) is 0 Å². The first-order valence-corrected chi connectivity index (χ1v) is 9.30. The van der Waals surface area contributed by atoms with E-state index in [1.54, 1.807) is 23.5 Å². The summed E-state index contributed by atoms with van der Waals surface area (Å²) >= 11 is 3.25. The molecule has 0 saturated carbocycles. The van der Waals surface area contributed by atoms with Gasteiger partial charge in [-0.15, -0.1) is 5.48 Å². The molecular weight excluding hydrogens is 385 g/mol. The largest absolute Gasteiger partial charge is 0.369 e. The van der Waals surface area contributed by atoms with Crippen molar-refractivity contribution in [2.24, 2.45) is 5.73 Å². The minimum atomic E-state index is -0.636. The topological polar surface area (TPSA) is 81.4 Å². The summed E-state index contributed by atoms with van der Waals surface area (Å²) in [5, 5.41) is 0. The van der Waals surface area contributed by atoms with Crippen LogP contribution in [-0.4, -0.2) is 48.4 Å². The van der Waals surface area contributed by atoms with Crippen molar-refractivity contribution in [1.82, 2.24) is 5.48 Å². The SMILES string of the molecule is CSCC[C@H](C=O)NOC(=O)[C@@H](N)CCSC.[CH2-]CC.[Y]. The molecule has 0 aliphatic heterocycles. The molecular formula is C13H27N2O3S2Y-. The Kier molecular flexibility index (Phi) is 26.6. The average Bonchev–Trinajstić information content (AvgIpc) is 2.45. The van der Waals surface area contributed by atoms with Gasteiger partial charge in [-0.1, -0.05) is 6.92 Å². The van der Waals surface area contributed by atoms with E-state index in [-0.39, 0.29) is 32.7 Å². The summed E-state index contributed by atoms with van der Waals surface area (Å²) in [5.74, 6) is 1.11. The summed E-state index contributed by atoms with van der Waals surface area (Å²) in [5.41, 5.74) is 8.05. The number of thioether (sulfide) groups is 2. The van der Waals surface area contributed by atoms with E-state index in [9.17, 15) is 9.59 Å². The van der Waals surface area contributed by atoms with Crippen molar-refractivity contribution in [2.45, 2.75) is 38.3 Å². The molecule has 3 N–H and O–H groups in total. The smallest absolute Gasteiger partial charge is 0.341 e. The second-order valence-corrected chi connectivity index (χ2v) is 5.92. The second kappa shape index (κ2) is 20.9. The molecule has 2 atom stereocenters.